The zero-order valence-corrected chi connectivity index (χ0v) is 11.1. The van der Waals surface area contributed by atoms with Gasteiger partial charge in [0.15, 0.2) is 5.75 Å². The lowest BCUT2D eigenvalue weighted by Crippen LogP contribution is -2.02. The molecule has 0 atom stereocenters. The molecule has 2 aromatic carbocycles. The topological polar surface area (TPSA) is 92.8 Å². The molecule has 104 valence electrons. The van der Waals surface area contributed by atoms with Gasteiger partial charge in [-0.25, -0.2) is 4.79 Å². The minimum absolute atomic E-state index is 0.0564. The largest absolute Gasteiger partial charge is 0.505 e. The second kappa shape index (κ2) is 5.71. The van der Waals surface area contributed by atoms with Crippen molar-refractivity contribution in [2.45, 2.75) is 6.61 Å². The molecule has 0 aliphatic rings. The van der Waals surface area contributed by atoms with Crippen molar-refractivity contribution >= 4 is 23.3 Å². The minimum atomic E-state index is -1.28. The molecule has 0 unspecified atom stereocenters. The van der Waals surface area contributed by atoms with Crippen LogP contribution in [0.4, 0.5) is 5.69 Å². The average molecular weight is 294 g/mol. The summed E-state index contributed by atoms with van der Waals surface area (Å²) in [5.74, 6) is -1.50. The third kappa shape index (κ3) is 2.95. The molecule has 0 saturated carbocycles. The highest BCUT2D eigenvalue weighted by molar-refractivity contribution is 6.31. The first-order chi connectivity index (χ1) is 9.49. The third-order valence-corrected chi connectivity index (χ3v) is 3.06. The summed E-state index contributed by atoms with van der Waals surface area (Å²) in [6.45, 7) is 0.170. The van der Waals surface area contributed by atoms with Crippen LogP contribution in [0.2, 0.25) is 5.02 Å². The van der Waals surface area contributed by atoms with Crippen LogP contribution < -0.4 is 10.5 Å². The average Bonchev–Trinajstić information content (AvgIpc) is 2.41. The first kappa shape index (κ1) is 14.0. The molecule has 5 nitrogen and oxygen atoms in total. The van der Waals surface area contributed by atoms with Gasteiger partial charge in [-0.15, -0.1) is 0 Å². The van der Waals surface area contributed by atoms with Crippen LogP contribution >= 0.6 is 11.6 Å². The number of nitrogens with two attached hydrogens (primary N) is 1. The highest BCUT2D eigenvalue weighted by Crippen LogP contribution is 2.31. The van der Waals surface area contributed by atoms with Gasteiger partial charge in [-0.05, 0) is 12.1 Å². The van der Waals surface area contributed by atoms with Crippen LogP contribution in [0.5, 0.6) is 11.5 Å². The summed E-state index contributed by atoms with van der Waals surface area (Å²) in [4.78, 5) is 11.0. The summed E-state index contributed by atoms with van der Waals surface area (Å²) in [5, 5.41) is 19.0. The van der Waals surface area contributed by atoms with Crippen LogP contribution in [0.3, 0.4) is 0 Å². The Hall–Kier alpha value is -2.40. The first-order valence-corrected chi connectivity index (χ1v) is 6.09. The molecule has 2 aromatic rings. The highest BCUT2D eigenvalue weighted by Gasteiger charge is 2.14. The van der Waals surface area contributed by atoms with Crippen LogP contribution in [0.25, 0.3) is 0 Å². The molecule has 0 heterocycles. The van der Waals surface area contributed by atoms with Gasteiger partial charge in [0.05, 0.1) is 5.69 Å². The van der Waals surface area contributed by atoms with E-state index in [4.69, 9.17) is 27.2 Å². The Labute approximate surface area is 120 Å². The number of ether oxygens (including phenoxy) is 1. The molecular formula is C14H12ClNO4. The van der Waals surface area contributed by atoms with E-state index >= 15 is 0 Å². The molecule has 0 aliphatic heterocycles. The quantitative estimate of drug-likeness (QED) is 0.595. The number of anilines is 1. The Morgan fingerprint density at radius 1 is 1.30 bits per heavy atom. The number of hydrogen-bond donors (Lipinski definition) is 3. The van der Waals surface area contributed by atoms with Gasteiger partial charge in [-0.2, -0.15) is 0 Å². The maximum Gasteiger partial charge on any atom is 0.339 e. The SMILES string of the molecule is Nc1cc(OCc2ccccc2Cl)cc(C(=O)O)c1O. The molecule has 0 radical (unpaired) electrons. The summed E-state index contributed by atoms with van der Waals surface area (Å²) in [6.07, 6.45) is 0. The van der Waals surface area contributed by atoms with E-state index in [-0.39, 0.29) is 23.6 Å². The number of aromatic carboxylic acids is 1. The Morgan fingerprint density at radius 3 is 2.65 bits per heavy atom. The minimum Gasteiger partial charge on any atom is -0.505 e. The number of carboxylic acid groups (broad SMARTS) is 1. The Bertz CT molecular complexity index is 658. The number of benzene rings is 2. The van der Waals surface area contributed by atoms with Crippen molar-refractivity contribution in [1.29, 1.82) is 0 Å². The fraction of sp³-hybridized carbons (Fsp3) is 0.0714. The number of phenols is 1. The molecule has 2 rings (SSSR count). The molecule has 0 spiro atoms. The monoisotopic (exact) mass is 293 g/mol. The lowest BCUT2D eigenvalue weighted by atomic mass is 10.1. The molecule has 0 fully saturated rings. The zero-order chi connectivity index (χ0) is 14.7. The van der Waals surface area contributed by atoms with E-state index in [9.17, 15) is 9.90 Å². The highest BCUT2D eigenvalue weighted by atomic mass is 35.5. The molecule has 0 aromatic heterocycles. The number of rotatable bonds is 4. The number of hydrogen-bond acceptors (Lipinski definition) is 4. The standard InChI is InChI=1S/C14H12ClNO4/c15-11-4-2-1-3-8(11)7-20-9-5-10(14(18)19)13(17)12(16)6-9/h1-6,17H,7,16H2,(H,18,19). The van der Waals surface area contributed by atoms with Crippen molar-refractivity contribution < 1.29 is 19.7 Å². The van der Waals surface area contributed by atoms with Crippen LogP contribution in [-0.4, -0.2) is 16.2 Å². The van der Waals surface area contributed by atoms with E-state index < -0.39 is 11.7 Å². The lowest BCUT2D eigenvalue weighted by molar-refractivity contribution is 0.0693. The second-order valence-corrected chi connectivity index (χ2v) is 4.50. The molecule has 0 saturated heterocycles. The summed E-state index contributed by atoms with van der Waals surface area (Å²) < 4.78 is 5.46. The predicted octanol–water partition coefficient (Wildman–Crippen LogP) is 2.91. The van der Waals surface area contributed by atoms with Gasteiger partial charge < -0.3 is 20.7 Å². The molecular weight excluding hydrogens is 282 g/mol. The normalized spacial score (nSPS) is 10.2. The van der Waals surface area contributed by atoms with Crippen LogP contribution in [0.15, 0.2) is 36.4 Å². The van der Waals surface area contributed by atoms with E-state index in [0.29, 0.717) is 5.02 Å². The van der Waals surface area contributed by atoms with E-state index in [1.807, 2.05) is 6.07 Å². The summed E-state index contributed by atoms with van der Waals surface area (Å²) in [6, 6.07) is 9.72. The molecule has 4 N–H and O–H groups in total. The van der Waals surface area contributed by atoms with Crippen molar-refractivity contribution in [3.8, 4) is 11.5 Å². The summed E-state index contributed by atoms with van der Waals surface area (Å²) in [7, 11) is 0. The molecule has 0 amide bonds. The van der Waals surface area contributed by atoms with Crippen LogP contribution in [-0.2, 0) is 6.61 Å². The maximum absolute atomic E-state index is 11.0. The van der Waals surface area contributed by atoms with Gasteiger partial charge in [0.25, 0.3) is 0 Å². The molecule has 6 heteroatoms. The maximum atomic E-state index is 11.0. The number of carbonyl (C=O) groups is 1. The smallest absolute Gasteiger partial charge is 0.339 e. The number of halogens is 1. The first-order valence-electron chi connectivity index (χ1n) is 5.71. The zero-order valence-electron chi connectivity index (χ0n) is 10.3. The number of aromatic hydroxyl groups is 1. The summed E-state index contributed by atoms with van der Waals surface area (Å²) in [5.41, 5.74) is 5.94. The van der Waals surface area contributed by atoms with Crippen molar-refractivity contribution in [3.63, 3.8) is 0 Å². The van der Waals surface area contributed by atoms with E-state index in [0.717, 1.165) is 5.56 Å². The van der Waals surface area contributed by atoms with E-state index in [1.165, 1.54) is 12.1 Å². The number of nitrogen functional groups attached to an aromatic ring is 1. The van der Waals surface area contributed by atoms with Crippen molar-refractivity contribution in [2.24, 2.45) is 0 Å². The van der Waals surface area contributed by atoms with Gasteiger partial charge in [0.1, 0.15) is 17.9 Å². The van der Waals surface area contributed by atoms with Crippen LogP contribution in [0.1, 0.15) is 15.9 Å². The van der Waals surface area contributed by atoms with Gasteiger partial charge >= 0.3 is 5.97 Å². The molecule has 20 heavy (non-hydrogen) atoms. The Kier molecular flexibility index (Phi) is 4.00. The van der Waals surface area contributed by atoms with Crippen molar-refractivity contribution in [1.82, 2.24) is 0 Å². The van der Waals surface area contributed by atoms with Gasteiger partial charge in [0, 0.05) is 16.7 Å². The predicted molar refractivity (Wildman–Crippen MR) is 75.3 cm³/mol. The third-order valence-electron chi connectivity index (χ3n) is 2.70. The van der Waals surface area contributed by atoms with Gasteiger partial charge in [-0.3, -0.25) is 0 Å². The van der Waals surface area contributed by atoms with Gasteiger partial charge in [0.2, 0.25) is 0 Å². The fourth-order valence-electron chi connectivity index (χ4n) is 1.65. The summed E-state index contributed by atoms with van der Waals surface area (Å²) >= 11 is 5.99. The second-order valence-electron chi connectivity index (χ2n) is 4.09. The lowest BCUT2D eigenvalue weighted by Gasteiger charge is -2.10. The van der Waals surface area contributed by atoms with Gasteiger partial charge in [-0.1, -0.05) is 29.8 Å². The Morgan fingerprint density at radius 2 is 2.00 bits per heavy atom. The van der Waals surface area contributed by atoms with E-state index in [1.54, 1.807) is 18.2 Å². The van der Waals surface area contributed by atoms with E-state index in [2.05, 4.69) is 0 Å². The Balaban J connectivity index is 2.22. The molecule has 0 bridgehead atoms. The number of carboxylic acids is 1. The van der Waals surface area contributed by atoms with Crippen LogP contribution in [0, 0.1) is 0 Å². The fourth-order valence-corrected chi connectivity index (χ4v) is 1.84. The van der Waals surface area contributed by atoms with Crippen molar-refractivity contribution in [2.75, 3.05) is 5.73 Å². The van der Waals surface area contributed by atoms with Crippen molar-refractivity contribution in [3.05, 3.63) is 52.5 Å². The molecule has 0 aliphatic carbocycles.